The van der Waals surface area contributed by atoms with Crippen LogP contribution in [0.15, 0.2) is 42.0 Å². The summed E-state index contributed by atoms with van der Waals surface area (Å²) in [4.78, 5) is 11.8. The summed E-state index contributed by atoms with van der Waals surface area (Å²) in [5.74, 6) is 1.74. The van der Waals surface area contributed by atoms with E-state index in [4.69, 9.17) is 4.98 Å². The number of rotatable bonds is 5. The highest BCUT2D eigenvalue weighted by Gasteiger charge is 2.28. The van der Waals surface area contributed by atoms with Crippen LogP contribution in [0.25, 0.3) is 0 Å². The number of hydrogen-bond acceptors (Lipinski definition) is 4. The molecule has 2 heterocycles. The summed E-state index contributed by atoms with van der Waals surface area (Å²) in [5.41, 5.74) is 5.26. The Kier molecular flexibility index (Phi) is 4.91. The summed E-state index contributed by atoms with van der Waals surface area (Å²) in [6, 6.07) is 11.1. The molecular weight excluding hydrogens is 320 g/mol. The van der Waals surface area contributed by atoms with Crippen LogP contribution in [0.1, 0.15) is 50.3 Å². The van der Waals surface area contributed by atoms with Crippen LogP contribution in [0, 0.1) is 6.92 Å². The van der Waals surface area contributed by atoms with E-state index < -0.39 is 0 Å². The molecule has 0 spiro atoms. The van der Waals surface area contributed by atoms with Gasteiger partial charge in [0.2, 0.25) is 5.95 Å². The molecular formula is C22H28N4. The van der Waals surface area contributed by atoms with Gasteiger partial charge in [-0.25, -0.2) is 4.98 Å². The number of fused-ring (bicyclic) bond motifs is 1. The number of benzene rings is 1. The van der Waals surface area contributed by atoms with Gasteiger partial charge < -0.3 is 10.2 Å². The quantitative estimate of drug-likeness (QED) is 0.757. The molecule has 2 aromatic rings. The zero-order valence-corrected chi connectivity index (χ0v) is 15.8. The van der Waals surface area contributed by atoms with E-state index in [1.54, 1.807) is 5.57 Å². The molecule has 4 rings (SSSR count). The third kappa shape index (κ3) is 3.59. The lowest BCUT2D eigenvalue weighted by Gasteiger charge is -2.24. The molecule has 1 aromatic heterocycles. The van der Waals surface area contributed by atoms with Crippen molar-refractivity contribution in [2.45, 2.75) is 58.4 Å². The molecule has 26 heavy (non-hydrogen) atoms. The first-order valence-electron chi connectivity index (χ1n) is 9.85. The largest absolute Gasteiger partial charge is 0.354 e. The first kappa shape index (κ1) is 17.1. The highest BCUT2D eigenvalue weighted by Crippen LogP contribution is 2.37. The molecule has 4 heteroatoms. The number of hydrogen-bond donors (Lipinski definition) is 1. The zero-order valence-electron chi connectivity index (χ0n) is 15.8. The van der Waals surface area contributed by atoms with Gasteiger partial charge in [0.05, 0.1) is 0 Å². The van der Waals surface area contributed by atoms with Crippen LogP contribution in [0.3, 0.4) is 0 Å². The van der Waals surface area contributed by atoms with Crippen molar-refractivity contribution in [3.63, 3.8) is 0 Å². The molecule has 0 fully saturated rings. The average molecular weight is 348 g/mol. The van der Waals surface area contributed by atoms with Gasteiger partial charge in [0.25, 0.3) is 0 Å². The lowest BCUT2D eigenvalue weighted by atomic mass is 9.97. The van der Waals surface area contributed by atoms with Crippen molar-refractivity contribution in [1.29, 1.82) is 0 Å². The summed E-state index contributed by atoms with van der Waals surface area (Å²) in [5, 5.41) is 3.45. The van der Waals surface area contributed by atoms with Crippen molar-refractivity contribution >= 4 is 17.5 Å². The number of nitrogens with zero attached hydrogens (tertiary/aromatic N) is 3. The molecule has 0 bridgehead atoms. The molecule has 4 nitrogen and oxygen atoms in total. The molecule has 1 unspecified atom stereocenters. The second-order valence-corrected chi connectivity index (χ2v) is 7.53. The van der Waals surface area contributed by atoms with Gasteiger partial charge in [0.1, 0.15) is 5.82 Å². The summed E-state index contributed by atoms with van der Waals surface area (Å²) < 4.78 is 0. The number of aryl methyl sites for hydroxylation is 1. The normalized spacial score (nSPS) is 19.2. The van der Waals surface area contributed by atoms with Crippen molar-refractivity contribution in [3.05, 3.63) is 53.2 Å². The van der Waals surface area contributed by atoms with Gasteiger partial charge in [0.15, 0.2) is 0 Å². The smallest absolute Gasteiger partial charge is 0.224 e. The second kappa shape index (κ2) is 7.48. The summed E-state index contributed by atoms with van der Waals surface area (Å²) in [6.45, 7) is 5.22. The van der Waals surface area contributed by atoms with Crippen LogP contribution < -0.4 is 10.2 Å². The Bertz CT molecular complexity index is 812. The summed E-state index contributed by atoms with van der Waals surface area (Å²) in [7, 11) is 0. The van der Waals surface area contributed by atoms with E-state index in [0.717, 1.165) is 36.8 Å². The van der Waals surface area contributed by atoms with E-state index in [1.807, 2.05) is 6.92 Å². The maximum atomic E-state index is 4.83. The highest BCUT2D eigenvalue weighted by atomic mass is 15.3. The number of para-hydroxylation sites is 1. The monoisotopic (exact) mass is 348 g/mol. The van der Waals surface area contributed by atoms with Crippen LogP contribution in [0.4, 0.5) is 17.5 Å². The molecule has 136 valence electrons. The predicted octanol–water partition coefficient (Wildman–Crippen LogP) is 5.17. The first-order valence-corrected chi connectivity index (χ1v) is 9.85. The number of anilines is 3. The molecule has 0 radical (unpaired) electrons. The van der Waals surface area contributed by atoms with Crippen LogP contribution in [-0.4, -0.2) is 22.6 Å². The molecule has 1 aromatic carbocycles. The van der Waals surface area contributed by atoms with Gasteiger partial charge >= 0.3 is 0 Å². The van der Waals surface area contributed by atoms with Crippen LogP contribution in [0.5, 0.6) is 0 Å². The fourth-order valence-corrected chi connectivity index (χ4v) is 4.14. The Labute approximate surface area is 156 Å². The van der Waals surface area contributed by atoms with Crippen LogP contribution in [0.2, 0.25) is 0 Å². The molecule has 0 saturated heterocycles. The summed E-state index contributed by atoms with van der Waals surface area (Å²) >= 11 is 0. The molecule has 2 aliphatic rings. The van der Waals surface area contributed by atoms with Crippen molar-refractivity contribution in [1.82, 2.24) is 9.97 Å². The lowest BCUT2D eigenvalue weighted by molar-refractivity contribution is 0.679. The Morgan fingerprint density at radius 3 is 2.92 bits per heavy atom. The van der Waals surface area contributed by atoms with Gasteiger partial charge in [0, 0.05) is 30.0 Å². The number of nitrogens with one attached hydrogen (secondary N) is 1. The Hall–Kier alpha value is -2.36. The fraction of sp³-hybridized carbons (Fsp3) is 0.455. The Balaban J connectivity index is 1.50. The first-order chi connectivity index (χ1) is 12.7. The minimum Gasteiger partial charge on any atom is -0.354 e. The van der Waals surface area contributed by atoms with E-state index in [2.05, 4.69) is 58.5 Å². The van der Waals surface area contributed by atoms with Gasteiger partial charge in [-0.2, -0.15) is 4.98 Å². The topological polar surface area (TPSA) is 41.1 Å². The van der Waals surface area contributed by atoms with Crippen molar-refractivity contribution in [2.24, 2.45) is 0 Å². The average Bonchev–Trinajstić information content (AvgIpc) is 2.98. The lowest BCUT2D eigenvalue weighted by Crippen LogP contribution is -2.25. The summed E-state index contributed by atoms with van der Waals surface area (Å²) in [6.07, 6.45) is 9.75. The van der Waals surface area contributed by atoms with E-state index in [1.165, 1.54) is 36.9 Å². The van der Waals surface area contributed by atoms with E-state index in [0.29, 0.717) is 6.04 Å². The molecule has 1 aliphatic heterocycles. The van der Waals surface area contributed by atoms with Gasteiger partial charge in [-0.05, 0) is 64.0 Å². The Morgan fingerprint density at radius 2 is 2.08 bits per heavy atom. The predicted molar refractivity (Wildman–Crippen MR) is 108 cm³/mol. The minimum absolute atomic E-state index is 0.418. The van der Waals surface area contributed by atoms with Crippen molar-refractivity contribution in [3.8, 4) is 0 Å². The Morgan fingerprint density at radius 1 is 1.19 bits per heavy atom. The van der Waals surface area contributed by atoms with Gasteiger partial charge in [-0.1, -0.05) is 29.8 Å². The second-order valence-electron chi connectivity index (χ2n) is 7.53. The third-order valence-electron chi connectivity index (χ3n) is 5.41. The zero-order chi connectivity index (χ0) is 17.9. The third-order valence-corrected chi connectivity index (χ3v) is 5.41. The molecule has 1 aliphatic carbocycles. The molecule has 1 N–H and O–H groups in total. The van der Waals surface area contributed by atoms with E-state index in [-0.39, 0.29) is 0 Å². The molecule has 0 saturated carbocycles. The van der Waals surface area contributed by atoms with E-state index in [9.17, 15) is 0 Å². The highest BCUT2D eigenvalue weighted by molar-refractivity contribution is 5.69. The number of allylic oxidation sites excluding steroid dienone is 1. The van der Waals surface area contributed by atoms with Crippen molar-refractivity contribution in [2.75, 3.05) is 16.8 Å². The van der Waals surface area contributed by atoms with Gasteiger partial charge in [-0.3, -0.25) is 0 Å². The van der Waals surface area contributed by atoms with Crippen LogP contribution in [-0.2, 0) is 6.42 Å². The maximum Gasteiger partial charge on any atom is 0.224 e. The fourth-order valence-electron chi connectivity index (χ4n) is 4.14. The molecule has 0 amide bonds. The van der Waals surface area contributed by atoms with E-state index >= 15 is 0 Å². The van der Waals surface area contributed by atoms with Gasteiger partial charge in [-0.15, -0.1) is 0 Å². The molecule has 1 atom stereocenters. The standard InChI is InChI=1S/C22H28N4/c1-16-14-21(26-17(2)15-19-10-6-7-11-20(19)26)25-22(24-16)23-13-12-18-8-4-3-5-9-18/h6-8,10-11,14,17H,3-5,9,12-13,15H2,1-2H3,(H,23,24,25). The SMILES string of the molecule is Cc1cc(N2c3ccccc3CC2C)nc(NCCC2=CCCCC2)n1. The maximum absolute atomic E-state index is 4.83. The van der Waals surface area contributed by atoms with Crippen molar-refractivity contribution < 1.29 is 0 Å². The van der Waals surface area contributed by atoms with Crippen LogP contribution >= 0.6 is 0 Å². The minimum atomic E-state index is 0.418. The number of aromatic nitrogens is 2.